The van der Waals surface area contributed by atoms with Gasteiger partial charge in [-0.2, -0.15) is 0 Å². The van der Waals surface area contributed by atoms with Crippen LogP contribution in [-0.4, -0.2) is 51.9 Å². The van der Waals surface area contributed by atoms with E-state index in [0.29, 0.717) is 5.57 Å². The summed E-state index contributed by atoms with van der Waals surface area (Å²) in [5, 5.41) is -0.808. The number of rotatable bonds is 2. The highest BCUT2D eigenvalue weighted by molar-refractivity contribution is 6.34. The van der Waals surface area contributed by atoms with Crippen molar-refractivity contribution in [3.8, 4) is 0 Å². The third kappa shape index (κ3) is 2.68. The fourth-order valence-electron chi connectivity index (χ4n) is 7.83. The second kappa shape index (κ2) is 6.86. The Kier molecular flexibility index (Phi) is 4.96. The van der Waals surface area contributed by atoms with Crippen LogP contribution in [0.5, 0.6) is 0 Å². The molecule has 5 rings (SSSR count). The lowest BCUT2D eigenvalue weighted by molar-refractivity contribution is -0.217. The molecule has 4 nitrogen and oxygen atoms in total. The number of carbonyl (C=O) groups is 2. The van der Waals surface area contributed by atoms with Crippen LogP contribution in [-0.2, 0) is 19.1 Å². The normalized spacial score (nSPS) is 52.1. The molecule has 9 atom stereocenters. The topological polar surface area (TPSA) is 52.6 Å². The van der Waals surface area contributed by atoms with Crippen LogP contribution in [0.1, 0.15) is 47.0 Å². The molecule has 0 radical (unpaired) electrons. The van der Waals surface area contributed by atoms with E-state index in [2.05, 4.69) is 0 Å². The maximum Gasteiger partial charge on any atom is 0.299 e. The molecule has 4 aliphatic carbocycles. The van der Waals surface area contributed by atoms with Gasteiger partial charge in [-0.3, -0.25) is 9.59 Å². The molecule has 4 fully saturated rings. The Morgan fingerprint density at radius 1 is 1.18 bits per heavy atom. The number of fused-ring (bicyclic) bond motifs is 7. The molecule has 0 amide bonds. The minimum Gasteiger partial charge on any atom is -0.344 e. The van der Waals surface area contributed by atoms with E-state index in [9.17, 15) is 18.4 Å². The molecule has 1 aliphatic heterocycles. The fourth-order valence-corrected chi connectivity index (χ4v) is 9.03. The highest BCUT2D eigenvalue weighted by Gasteiger charge is 2.80. The van der Waals surface area contributed by atoms with E-state index < -0.39 is 68.8 Å². The van der Waals surface area contributed by atoms with Crippen molar-refractivity contribution in [1.82, 2.24) is 0 Å². The van der Waals surface area contributed by atoms with Gasteiger partial charge < -0.3 is 9.47 Å². The lowest BCUT2D eigenvalue weighted by Gasteiger charge is -2.64. The molecular weight excluding hydrogens is 480 g/mol. The average molecular weight is 507 g/mol. The minimum absolute atomic E-state index is 0.0232. The van der Waals surface area contributed by atoms with Gasteiger partial charge in [0.2, 0.25) is 5.78 Å². The summed E-state index contributed by atoms with van der Waals surface area (Å²) in [5.41, 5.74) is -3.79. The van der Waals surface area contributed by atoms with Gasteiger partial charge >= 0.3 is 0 Å². The molecule has 5 aliphatic rings. The van der Waals surface area contributed by atoms with Crippen LogP contribution >= 0.6 is 23.2 Å². The number of alkyl halides is 5. The molecule has 33 heavy (non-hydrogen) atoms. The minimum atomic E-state index is -3.25. The monoisotopic (exact) mass is 506 g/mol. The molecular formula is C24H27Cl2F3O4. The molecule has 0 aromatic carbocycles. The predicted molar refractivity (Wildman–Crippen MR) is 116 cm³/mol. The number of Topliss-reactive ketones (excluding diaryl/α,β-unsaturated/α-hetero) is 1. The quantitative estimate of drug-likeness (QED) is 0.485. The van der Waals surface area contributed by atoms with Gasteiger partial charge in [-0.25, -0.2) is 13.2 Å². The van der Waals surface area contributed by atoms with E-state index in [4.69, 9.17) is 32.7 Å². The van der Waals surface area contributed by atoms with Crippen molar-refractivity contribution < 1.29 is 32.2 Å². The van der Waals surface area contributed by atoms with Gasteiger partial charge in [0.25, 0.3) is 6.43 Å². The van der Waals surface area contributed by atoms with Crippen molar-refractivity contribution in [1.29, 1.82) is 0 Å². The number of carbonyl (C=O) groups excluding carboxylic acids is 2. The Labute approximate surface area is 200 Å². The molecule has 0 aromatic rings. The van der Waals surface area contributed by atoms with E-state index in [1.807, 2.05) is 0 Å². The molecule has 0 bridgehead atoms. The lowest BCUT2D eigenvalue weighted by Crippen LogP contribution is -2.69. The number of hydrogen-bond acceptors (Lipinski definition) is 4. The summed E-state index contributed by atoms with van der Waals surface area (Å²) in [5.74, 6) is -3.87. The van der Waals surface area contributed by atoms with Crippen LogP contribution in [0.4, 0.5) is 13.2 Å². The third-order valence-electron chi connectivity index (χ3n) is 9.14. The van der Waals surface area contributed by atoms with Gasteiger partial charge in [0.1, 0.15) is 6.17 Å². The average Bonchev–Trinajstić information content (AvgIpc) is 3.11. The maximum atomic E-state index is 15.6. The highest BCUT2D eigenvalue weighted by Crippen LogP contribution is 2.74. The van der Waals surface area contributed by atoms with Crippen molar-refractivity contribution in [2.24, 2.45) is 22.7 Å². The second-order valence-corrected chi connectivity index (χ2v) is 12.2. The number of allylic oxidation sites excluding steroid dienone is 4. The standard InChI is InChI=1S/C24H27Cl2F3O4/c1-20(2)32-17-9-12-13-8-15(27)14-7-11(30)5-6-21(14,3)23(13,26)16(25)10-22(12,4)24(17,33-20)18(31)19(28)29/h5-7,12-13,15-17,19H,8-10H2,1-4H3/t12-,13-,15-,16-,17+,21-,22-,23-,24-/m0/s1. The fraction of sp³-hybridized carbons (Fsp3) is 0.750. The third-order valence-corrected chi connectivity index (χ3v) is 10.7. The zero-order chi connectivity index (χ0) is 24.4. The number of ether oxygens (including phenoxy) is 2. The van der Waals surface area contributed by atoms with Crippen LogP contribution in [0.15, 0.2) is 23.8 Å². The Balaban J connectivity index is 1.67. The van der Waals surface area contributed by atoms with Crippen LogP contribution < -0.4 is 0 Å². The zero-order valence-corrected chi connectivity index (χ0v) is 20.4. The van der Waals surface area contributed by atoms with Crippen LogP contribution in [0, 0.1) is 22.7 Å². The Bertz CT molecular complexity index is 998. The lowest BCUT2D eigenvalue weighted by atomic mass is 9.46. The molecule has 0 unspecified atom stereocenters. The Morgan fingerprint density at radius 3 is 2.48 bits per heavy atom. The van der Waals surface area contributed by atoms with Crippen molar-refractivity contribution in [3.05, 3.63) is 23.8 Å². The first-order chi connectivity index (χ1) is 15.1. The van der Waals surface area contributed by atoms with E-state index in [1.165, 1.54) is 12.2 Å². The first kappa shape index (κ1) is 23.8. The van der Waals surface area contributed by atoms with Crippen molar-refractivity contribution in [3.63, 3.8) is 0 Å². The molecule has 0 N–H and O–H groups in total. The maximum absolute atomic E-state index is 15.6. The summed E-state index contributed by atoms with van der Waals surface area (Å²) < 4.78 is 55.5. The van der Waals surface area contributed by atoms with E-state index in [1.54, 1.807) is 33.8 Å². The van der Waals surface area contributed by atoms with Gasteiger partial charge in [0.15, 0.2) is 17.2 Å². The number of ketones is 2. The summed E-state index contributed by atoms with van der Waals surface area (Å²) in [6.45, 7) is 6.70. The number of halogens is 5. The summed E-state index contributed by atoms with van der Waals surface area (Å²) in [6, 6.07) is 0. The first-order valence-electron chi connectivity index (χ1n) is 11.3. The largest absolute Gasteiger partial charge is 0.344 e. The molecule has 1 heterocycles. The summed E-state index contributed by atoms with van der Waals surface area (Å²) in [4.78, 5) is 23.9. The van der Waals surface area contributed by atoms with Crippen molar-refractivity contribution in [2.45, 2.75) is 87.3 Å². The first-order valence-corrected chi connectivity index (χ1v) is 12.1. The molecule has 9 heteroatoms. The van der Waals surface area contributed by atoms with Crippen LogP contribution in [0.3, 0.4) is 0 Å². The zero-order valence-electron chi connectivity index (χ0n) is 18.8. The summed E-state index contributed by atoms with van der Waals surface area (Å²) in [7, 11) is 0. The molecule has 182 valence electrons. The van der Waals surface area contributed by atoms with Gasteiger partial charge in [-0.05, 0) is 62.7 Å². The van der Waals surface area contributed by atoms with Crippen molar-refractivity contribution in [2.75, 3.05) is 0 Å². The SMILES string of the molecule is CC1(C)O[C@@H]2C[C@H]3[C@@H]4C[C@H](F)C5=CC(=O)C=C[C@]5(C)[C@@]4(Cl)[C@@H](Cl)C[C@]3(C)[C@]2(C(=O)C(F)F)O1. The van der Waals surface area contributed by atoms with E-state index in [-0.39, 0.29) is 25.0 Å². The summed E-state index contributed by atoms with van der Waals surface area (Å²) in [6.07, 6.45) is -1.02. The van der Waals surface area contributed by atoms with Crippen LogP contribution in [0.25, 0.3) is 0 Å². The Morgan fingerprint density at radius 2 is 1.85 bits per heavy atom. The predicted octanol–water partition coefficient (Wildman–Crippen LogP) is 5.16. The Hall–Kier alpha value is -0.890. The molecule has 1 saturated heterocycles. The van der Waals surface area contributed by atoms with Crippen LogP contribution in [0.2, 0.25) is 0 Å². The van der Waals surface area contributed by atoms with E-state index >= 15 is 4.39 Å². The molecule has 3 saturated carbocycles. The van der Waals surface area contributed by atoms with E-state index in [0.717, 1.165) is 0 Å². The summed E-state index contributed by atoms with van der Waals surface area (Å²) >= 11 is 14.4. The smallest absolute Gasteiger partial charge is 0.299 e. The second-order valence-electron chi connectivity index (χ2n) is 11.1. The van der Waals surface area contributed by atoms with Crippen molar-refractivity contribution >= 4 is 34.8 Å². The highest BCUT2D eigenvalue weighted by atomic mass is 35.5. The number of hydrogen-bond donors (Lipinski definition) is 0. The van der Waals surface area contributed by atoms with Gasteiger partial charge in [0.05, 0.1) is 16.4 Å². The molecule has 0 aromatic heterocycles. The van der Waals surface area contributed by atoms with Gasteiger partial charge in [-0.15, -0.1) is 23.2 Å². The van der Waals surface area contributed by atoms with Gasteiger partial charge in [-0.1, -0.05) is 19.9 Å². The van der Waals surface area contributed by atoms with Gasteiger partial charge in [0, 0.05) is 10.8 Å². The molecule has 0 spiro atoms.